The Hall–Kier alpha value is -3.13. The molecule has 2 rings (SSSR count). The number of hydrogen-bond acceptors (Lipinski definition) is 4. The number of para-hydroxylation sites is 1. The number of nitrogens with one attached hydrogen (secondary N) is 1. The zero-order chi connectivity index (χ0) is 15.8. The van der Waals surface area contributed by atoms with E-state index in [-0.39, 0.29) is 13.2 Å². The van der Waals surface area contributed by atoms with Crippen molar-refractivity contribution in [3.8, 4) is 12.3 Å². The molecule has 1 amide bonds. The molecule has 0 spiro atoms. The van der Waals surface area contributed by atoms with Crippen LogP contribution in [0.1, 0.15) is 5.69 Å². The number of hydrogen-bond donors (Lipinski definition) is 1. The van der Waals surface area contributed by atoms with Crippen LogP contribution >= 0.6 is 0 Å². The zero-order valence-electron chi connectivity index (χ0n) is 11.8. The molecule has 0 aliphatic heterocycles. The average molecular weight is 294 g/mol. The highest BCUT2D eigenvalue weighted by Gasteiger charge is 2.03. The molecule has 0 saturated heterocycles. The van der Waals surface area contributed by atoms with Crippen LogP contribution in [0.3, 0.4) is 0 Å². The number of nitrogens with zero attached hydrogens (tertiary/aromatic N) is 1. The van der Waals surface area contributed by atoms with Crippen LogP contribution in [0.25, 0.3) is 17.0 Å². The van der Waals surface area contributed by atoms with Gasteiger partial charge >= 0.3 is 5.97 Å². The highest BCUT2D eigenvalue weighted by molar-refractivity contribution is 5.89. The lowest BCUT2D eigenvalue weighted by molar-refractivity contribution is -0.143. The van der Waals surface area contributed by atoms with Crippen molar-refractivity contribution in [2.24, 2.45) is 0 Å². The zero-order valence-corrected chi connectivity index (χ0v) is 11.8. The van der Waals surface area contributed by atoms with Crippen molar-refractivity contribution in [3.05, 3.63) is 48.2 Å². The van der Waals surface area contributed by atoms with E-state index in [0.29, 0.717) is 5.69 Å². The summed E-state index contributed by atoms with van der Waals surface area (Å²) in [6.45, 7) is -0.261. The molecule has 0 saturated carbocycles. The predicted octanol–water partition coefficient (Wildman–Crippen LogP) is 1.54. The summed E-state index contributed by atoms with van der Waals surface area (Å²) in [6, 6.07) is 11.4. The summed E-state index contributed by atoms with van der Waals surface area (Å²) in [5.41, 5.74) is 1.47. The van der Waals surface area contributed by atoms with Crippen LogP contribution in [-0.2, 0) is 14.3 Å². The first-order valence-electron chi connectivity index (χ1n) is 6.60. The third-order valence-electron chi connectivity index (χ3n) is 2.74. The van der Waals surface area contributed by atoms with E-state index < -0.39 is 11.9 Å². The second-order valence-corrected chi connectivity index (χ2v) is 4.35. The van der Waals surface area contributed by atoms with Crippen LogP contribution in [0.15, 0.2) is 42.5 Å². The molecule has 0 bridgehead atoms. The molecule has 5 nitrogen and oxygen atoms in total. The van der Waals surface area contributed by atoms with Gasteiger partial charge in [-0.1, -0.05) is 30.2 Å². The van der Waals surface area contributed by atoms with Gasteiger partial charge in [0.1, 0.15) is 0 Å². The van der Waals surface area contributed by atoms with Gasteiger partial charge in [-0.2, -0.15) is 0 Å². The van der Waals surface area contributed by atoms with Crippen molar-refractivity contribution in [1.82, 2.24) is 10.3 Å². The first kappa shape index (κ1) is 15.3. The van der Waals surface area contributed by atoms with E-state index in [0.717, 1.165) is 10.9 Å². The summed E-state index contributed by atoms with van der Waals surface area (Å²) >= 11 is 0. The van der Waals surface area contributed by atoms with Gasteiger partial charge in [0.25, 0.3) is 5.91 Å². The van der Waals surface area contributed by atoms with E-state index in [2.05, 4.69) is 16.2 Å². The maximum absolute atomic E-state index is 11.5. The maximum Gasteiger partial charge on any atom is 0.331 e. The molecular weight excluding hydrogens is 280 g/mol. The lowest BCUT2D eigenvalue weighted by Gasteiger charge is -2.02. The first-order chi connectivity index (χ1) is 10.7. The number of terminal acetylenes is 1. The van der Waals surface area contributed by atoms with Gasteiger partial charge in [-0.3, -0.25) is 4.79 Å². The van der Waals surface area contributed by atoms with Crippen molar-refractivity contribution in [3.63, 3.8) is 0 Å². The largest absolute Gasteiger partial charge is 0.452 e. The van der Waals surface area contributed by atoms with E-state index in [1.54, 1.807) is 6.07 Å². The number of fused-ring (bicyclic) bond motifs is 1. The van der Waals surface area contributed by atoms with Gasteiger partial charge in [0, 0.05) is 11.5 Å². The molecule has 0 aliphatic carbocycles. The Kier molecular flexibility index (Phi) is 5.27. The Balaban J connectivity index is 1.91. The molecule has 2 aromatic rings. The molecule has 110 valence electrons. The van der Waals surface area contributed by atoms with Crippen LogP contribution in [0, 0.1) is 12.3 Å². The molecule has 0 radical (unpaired) electrons. The van der Waals surface area contributed by atoms with E-state index in [9.17, 15) is 9.59 Å². The fourth-order valence-electron chi connectivity index (χ4n) is 1.71. The quantitative estimate of drug-likeness (QED) is 0.516. The Bertz CT molecular complexity index is 760. The monoisotopic (exact) mass is 294 g/mol. The minimum Gasteiger partial charge on any atom is -0.452 e. The molecule has 1 N–H and O–H groups in total. The Labute approximate surface area is 128 Å². The van der Waals surface area contributed by atoms with E-state index >= 15 is 0 Å². The summed E-state index contributed by atoms with van der Waals surface area (Å²) in [5.74, 6) is 1.19. The lowest BCUT2D eigenvalue weighted by atomic mass is 10.2. The summed E-state index contributed by atoms with van der Waals surface area (Å²) in [7, 11) is 0. The predicted molar refractivity (Wildman–Crippen MR) is 83.6 cm³/mol. The number of ether oxygens (including phenoxy) is 1. The van der Waals surface area contributed by atoms with Gasteiger partial charge in [-0.05, 0) is 18.2 Å². The van der Waals surface area contributed by atoms with Crippen LogP contribution in [-0.4, -0.2) is 30.0 Å². The normalized spacial score (nSPS) is 10.3. The number of amides is 1. The number of aromatic nitrogens is 1. The standard InChI is InChI=1S/C17H14N2O3/c1-2-11-18-16(20)12-22-17(21)10-9-14-8-7-13-5-3-4-6-15(13)19-14/h1,3-10H,11-12H2,(H,18,20)/b10-9+. The molecule has 1 aromatic heterocycles. The minimum absolute atomic E-state index is 0.104. The fourth-order valence-corrected chi connectivity index (χ4v) is 1.71. The van der Waals surface area contributed by atoms with Crippen molar-refractivity contribution >= 4 is 28.9 Å². The van der Waals surface area contributed by atoms with E-state index in [4.69, 9.17) is 11.2 Å². The molecule has 0 aliphatic rings. The summed E-state index contributed by atoms with van der Waals surface area (Å²) in [6.07, 6.45) is 7.76. The minimum atomic E-state index is -0.620. The molecule has 0 fully saturated rings. The molecule has 22 heavy (non-hydrogen) atoms. The molecule has 1 heterocycles. The van der Waals surface area contributed by atoms with Crippen LogP contribution in [0.2, 0.25) is 0 Å². The van der Waals surface area contributed by atoms with Crippen LogP contribution in [0.5, 0.6) is 0 Å². The topological polar surface area (TPSA) is 68.3 Å². The van der Waals surface area contributed by atoms with Crippen molar-refractivity contribution in [2.45, 2.75) is 0 Å². The number of benzene rings is 1. The maximum atomic E-state index is 11.5. The highest BCUT2D eigenvalue weighted by Crippen LogP contribution is 2.12. The average Bonchev–Trinajstić information content (AvgIpc) is 2.56. The SMILES string of the molecule is C#CCNC(=O)COC(=O)/C=C/c1ccc2ccccc2n1. The summed E-state index contributed by atoms with van der Waals surface area (Å²) < 4.78 is 4.78. The van der Waals surface area contributed by atoms with E-state index in [1.165, 1.54) is 12.2 Å². The van der Waals surface area contributed by atoms with Crippen molar-refractivity contribution in [1.29, 1.82) is 0 Å². The number of esters is 1. The molecule has 0 atom stereocenters. The number of carbonyl (C=O) groups is 2. The molecular formula is C17H14N2O3. The Morgan fingerprint density at radius 3 is 2.91 bits per heavy atom. The third kappa shape index (κ3) is 4.46. The number of pyridine rings is 1. The van der Waals surface area contributed by atoms with Gasteiger partial charge < -0.3 is 10.1 Å². The van der Waals surface area contributed by atoms with Crippen LogP contribution in [0.4, 0.5) is 0 Å². The second kappa shape index (κ2) is 7.60. The number of carbonyl (C=O) groups excluding carboxylic acids is 2. The lowest BCUT2D eigenvalue weighted by Crippen LogP contribution is -2.28. The van der Waals surface area contributed by atoms with Crippen molar-refractivity contribution in [2.75, 3.05) is 13.2 Å². The fraction of sp³-hybridized carbons (Fsp3) is 0.118. The summed E-state index contributed by atoms with van der Waals surface area (Å²) in [5, 5.41) is 3.41. The van der Waals surface area contributed by atoms with E-state index in [1.807, 2.05) is 30.3 Å². The highest BCUT2D eigenvalue weighted by atomic mass is 16.5. The van der Waals surface area contributed by atoms with Crippen LogP contribution < -0.4 is 5.32 Å². The summed E-state index contributed by atoms with van der Waals surface area (Å²) in [4.78, 5) is 27.1. The van der Waals surface area contributed by atoms with Gasteiger partial charge in [0.15, 0.2) is 6.61 Å². The molecule has 0 unspecified atom stereocenters. The number of rotatable bonds is 5. The Morgan fingerprint density at radius 1 is 1.27 bits per heavy atom. The van der Waals surface area contributed by atoms with Gasteiger partial charge in [-0.25, -0.2) is 9.78 Å². The van der Waals surface area contributed by atoms with Gasteiger partial charge in [0.2, 0.25) is 0 Å². The molecule has 5 heteroatoms. The second-order valence-electron chi connectivity index (χ2n) is 4.35. The first-order valence-corrected chi connectivity index (χ1v) is 6.60. The Morgan fingerprint density at radius 2 is 2.09 bits per heavy atom. The van der Waals surface area contributed by atoms with Crippen molar-refractivity contribution < 1.29 is 14.3 Å². The molecule has 1 aromatic carbocycles. The third-order valence-corrected chi connectivity index (χ3v) is 2.74. The van der Waals surface area contributed by atoms with Gasteiger partial charge in [-0.15, -0.1) is 6.42 Å². The van der Waals surface area contributed by atoms with Gasteiger partial charge in [0.05, 0.1) is 17.8 Å². The smallest absolute Gasteiger partial charge is 0.331 e.